The van der Waals surface area contributed by atoms with Gasteiger partial charge in [0.15, 0.2) is 0 Å². The Kier molecular flexibility index (Phi) is 12.3. The standard InChI is InChI=1S/C9H12.2CNO/c1-3-9-7-5-4-6-8(9)2;2*2-1-3/h4-7H,3H2,1-2H3;;/q;2*-1. The molecule has 0 N–H and O–H groups in total. The van der Waals surface area contributed by atoms with E-state index in [4.69, 9.17) is 20.4 Å². The minimum atomic E-state index is 0.500. The molecule has 0 aromatic heterocycles. The second kappa shape index (κ2) is 12.0. The number of rotatable bonds is 1. The van der Waals surface area contributed by atoms with Crippen molar-refractivity contribution in [2.45, 2.75) is 20.3 Å². The SMILES string of the molecule is CCc1ccccc1C.[N-]=C=O.[N-]=C=O. The van der Waals surface area contributed by atoms with Gasteiger partial charge in [0.25, 0.3) is 0 Å². The molecule has 0 atom stereocenters. The monoisotopic (exact) mass is 204 g/mol. The summed E-state index contributed by atoms with van der Waals surface area (Å²) in [7, 11) is 0. The predicted octanol–water partition coefficient (Wildman–Crippen LogP) is 2.34. The first-order valence-electron chi connectivity index (χ1n) is 4.24. The summed E-state index contributed by atoms with van der Waals surface area (Å²) in [6.45, 7) is 4.33. The fourth-order valence-corrected chi connectivity index (χ4v) is 1.01. The van der Waals surface area contributed by atoms with Gasteiger partial charge in [0.1, 0.15) is 0 Å². The average Bonchev–Trinajstić information content (AvgIpc) is 2.21. The molecule has 15 heavy (non-hydrogen) atoms. The van der Waals surface area contributed by atoms with Crippen molar-refractivity contribution in [2.75, 3.05) is 0 Å². The van der Waals surface area contributed by atoms with Gasteiger partial charge in [-0.3, -0.25) is 9.59 Å². The summed E-state index contributed by atoms with van der Waals surface area (Å²) < 4.78 is 0. The number of nitrogens with zero attached hydrogens (tertiary/aromatic N) is 2. The Hall–Kier alpha value is -2.02. The van der Waals surface area contributed by atoms with Crippen molar-refractivity contribution in [3.05, 3.63) is 46.2 Å². The molecule has 4 heteroatoms. The minimum absolute atomic E-state index is 0.500. The first-order valence-corrected chi connectivity index (χ1v) is 4.24. The zero-order chi connectivity index (χ0) is 12.1. The predicted molar refractivity (Wildman–Crippen MR) is 58.7 cm³/mol. The topological polar surface area (TPSA) is 78.7 Å². The molecule has 0 heterocycles. The van der Waals surface area contributed by atoms with Crippen LogP contribution in [0.5, 0.6) is 0 Å². The van der Waals surface area contributed by atoms with Crippen LogP contribution in [0.15, 0.2) is 24.3 Å². The third kappa shape index (κ3) is 9.90. The summed E-state index contributed by atoms with van der Waals surface area (Å²) in [4.78, 5) is 16.5. The summed E-state index contributed by atoms with van der Waals surface area (Å²) in [5.41, 5.74) is 2.86. The van der Waals surface area contributed by atoms with Crippen LogP contribution in [0.4, 0.5) is 0 Å². The van der Waals surface area contributed by atoms with Crippen molar-refractivity contribution in [3.8, 4) is 0 Å². The first kappa shape index (κ1) is 15.5. The van der Waals surface area contributed by atoms with E-state index in [0.717, 1.165) is 6.42 Å². The summed E-state index contributed by atoms with van der Waals surface area (Å²) in [5.74, 6) is 0. The Morgan fingerprint density at radius 3 is 1.80 bits per heavy atom. The van der Waals surface area contributed by atoms with Crippen molar-refractivity contribution in [1.82, 2.24) is 0 Å². The number of hydrogen-bond donors (Lipinski definition) is 0. The number of hydrogen-bond acceptors (Lipinski definition) is 2. The zero-order valence-corrected chi connectivity index (χ0v) is 8.73. The highest BCUT2D eigenvalue weighted by Crippen LogP contribution is 2.06. The maximum absolute atomic E-state index is 8.24. The summed E-state index contributed by atoms with van der Waals surface area (Å²) in [5, 5.41) is 13.5. The third-order valence-electron chi connectivity index (χ3n) is 1.64. The quantitative estimate of drug-likeness (QED) is 0.519. The van der Waals surface area contributed by atoms with E-state index in [0.29, 0.717) is 12.2 Å². The molecule has 1 aromatic rings. The molecule has 0 aliphatic rings. The van der Waals surface area contributed by atoms with E-state index in [1.54, 1.807) is 0 Å². The molecule has 0 saturated heterocycles. The number of carbonyl (C=O) groups excluding carboxylic acids is 2. The fourth-order valence-electron chi connectivity index (χ4n) is 1.01. The maximum Gasteiger partial charge on any atom is -0.0159 e. The van der Waals surface area contributed by atoms with Crippen LogP contribution in [0.1, 0.15) is 18.1 Å². The van der Waals surface area contributed by atoms with E-state index in [2.05, 4.69) is 38.1 Å². The Labute approximate surface area is 89.0 Å². The molecule has 0 aliphatic carbocycles. The van der Waals surface area contributed by atoms with E-state index in [1.807, 2.05) is 0 Å². The lowest BCUT2D eigenvalue weighted by Gasteiger charge is -1.98. The van der Waals surface area contributed by atoms with E-state index in [1.165, 1.54) is 11.1 Å². The molecule has 0 unspecified atom stereocenters. The summed E-state index contributed by atoms with van der Waals surface area (Å²) >= 11 is 0. The average molecular weight is 204 g/mol. The van der Waals surface area contributed by atoms with Crippen molar-refractivity contribution in [3.63, 3.8) is 0 Å². The van der Waals surface area contributed by atoms with Crippen LogP contribution in [0.2, 0.25) is 0 Å². The normalized spacial score (nSPS) is 6.80. The van der Waals surface area contributed by atoms with E-state index in [9.17, 15) is 0 Å². The highest BCUT2D eigenvalue weighted by atomic mass is 16.1. The van der Waals surface area contributed by atoms with Gasteiger partial charge in [-0.1, -0.05) is 31.2 Å². The van der Waals surface area contributed by atoms with E-state index in [-0.39, 0.29) is 0 Å². The van der Waals surface area contributed by atoms with E-state index >= 15 is 0 Å². The lowest BCUT2D eigenvalue weighted by molar-refractivity contribution is 0.568. The van der Waals surface area contributed by atoms with Gasteiger partial charge in [0.2, 0.25) is 0 Å². The second-order valence-corrected chi connectivity index (χ2v) is 2.46. The first-order chi connectivity index (χ1) is 7.17. The van der Waals surface area contributed by atoms with Crippen molar-refractivity contribution in [1.29, 1.82) is 0 Å². The van der Waals surface area contributed by atoms with Crippen LogP contribution in [-0.4, -0.2) is 12.2 Å². The number of benzene rings is 1. The summed E-state index contributed by atoms with van der Waals surface area (Å²) in [6.07, 6.45) is 2.15. The molecule has 0 fully saturated rings. The maximum atomic E-state index is 8.24. The number of isocyanates is 2. The smallest absolute Gasteiger partial charge is 0.0159 e. The molecular weight excluding hydrogens is 192 g/mol. The van der Waals surface area contributed by atoms with Gasteiger partial charge in [0.05, 0.1) is 0 Å². The highest BCUT2D eigenvalue weighted by Gasteiger charge is 1.89. The van der Waals surface area contributed by atoms with Gasteiger partial charge in [0, 0.05) is 0 Å². The van der Waals surface area contributed by atoms with Gasteiger partial charge in [-0.2, -0.15) is 0 Å². The highest BCUT2D eigenvalue weighted by molar-refractivity contribution is 5.37. The van der Waals surface area contributed by atoms with Crippen LogP contribution < -0.4 is 0 Å². The van der Waals surface area contributed by atoms with Crippen LogP contribution in [0.3, 0.4) is 0 Å². The molecule has 1 rings (SSSR count). The molecule has 80 valence electrons. The Bertz CT molecular complexity index is 324. The van der Waals surface area contributed by atoms with Crippen LogP contribution in [0.25, 0.3) is 10.8 Å². The largest absolute Gasteiger partial charge is 0.724 e. The molecule has 0 radical (unpaired) electrons. The zero-order valence-electron chi connectivity index (χ0n) is 8.73. The van der Waals surface area contributed by atoms with Crippen LogP contribution in [-0.2, 0) is 16.0 Å². The summed E-state index contributed by atoms with van der Waals surface area (Å²) in [6, 6.07) is 8.49. The van der Waals surface area contributed by atoms with Gasteiger partial charge in [-0.15, -0.1) is 0 Å². The molecule has 0 aliphatic heterocycles. The Morgan fingerprint density at radius 1 is 1.13 bits per heavy atom. The lowest BCUT2D eigenvalue weighted by atomic mass is 10.1. The molecule has 1 aromatic carbocycles. The van der Waals surface area contributed by atoms with Gasteiger partial charge in [-0.25, -0.2) is 0 Å². The fraction of sp³-hybridized carbons (Fsp3) is 0.273. The Morgan fingerprint density at radius 2 is 1.53 bits per heavy atom. The van der Waals surface area contributed by atoms with Gasteiger partial charge >= 0.3 is 0 Å². The molecule has 0 bridgehead atoms. The van der Waals surface area contributed by atoms with Gasteiger partial charge in [-0.05, 0) is 36.6 Å². The van der Waals surface area contributed by atoms with Crippen LogP contribution in [0, 0.1) is 6.92 Å². The van der Waals surface area contributed by atoms with Gasteiger partial charge < -0.3 is 10.8 Å². The molecule has 0 amide bonds. The van der Waals surface area contributed by atoms with Crippen LogP contribution >= 0.6 is 0 Å². The third-order valence-corrected chi connectivity index (χ3v) is 1.64. The van der Waals surface area contributed by atoms with Crippen molar-refractivity contribution < 1.29 is 9.59 Å². The Balaban J connectivity index is 0. The van der Waals surface area contributed by atoms with E-state index < -0.39 is 0 Å². The minimum Gasteiger partial charge on any atom is -0.724 e. The second-order valence-electron chi connectivity index (χ2n) is 2.46. The lowest BCUT2D eigenvalue weighted by Crippen LogP contribution is -1.82. The molecule has 4 nitrogen and oxygen atoms in total. The molecule has 0 saturated carbocycles. The molecular formula is C11H12N2O2-2. The van der Waals surface area contributed by atoms with Crippen molar-refractivity contribution in [2.24, 2.45) is 0 Å². The van der Waals surface area contributed by atoms with Crippen molar-refractivity contribution >= 4 is 12.2 Å². The number of aryl methyl sites for hydroxylation is 2. The molecule has 0 spiro atoms.